The van der Waals surface area contributed by atoms with Crippen LogP contribution in [0.5, 0.6) is 11.6 Å². The Balaban J connectivity index is 2.11. The third kappa shape index (κ3) is 3.77. The summed E-state index contributed by atoms with van der Waals surface area (Å²) in [6, 6.07) is 7.64. The van der Waals surface area contributed by atoms with Gasteiger partial charge in [-0.3, -0.25) is 4.79 Å². The van der Waals surface area contributed by atoms with Crippen molar-refractivity contribution >= 4 is 22.6 Å². The summed E-state index contributed by atoms with van der Waals surface area (Å²) in [5, 5.41) is 0. The van der Waals surface area contributed by atoms with Crippen LogP contribution >= 0.6 is 22.6 Å². The number of hydrogen-bond donors (Lipinski definition) is 1. The van der Waals surface area contributed by atoms with Crippen LogP contribution in [-0.4, -0.2) is 23.7 Å². The van der Waals surface area contributed by atoms with Crippen LogP contribution in [-0.2, 0) is 11.2 Å². The van der Waals surface area contributed by atoms with E-state index in [-0.39, 0.29) is 5.56 Å². The van der Waals surface area contributed by atoms with Crippen molar-refractivity contribution in [1.82, 2.24) is 9.97 Å². The zero-order valence-corrected chi connectivity index (χ0v) is 12.5. The Morgan fingerprint density at radius 2 is 2.05 bits per heavy atom. The molecule has 0 spiro atoms. The van der Waals surface area contributed by atoms with Crippen LogP contribution in [0, 0.1) is 3.57 Å². The van der Waals surface area contributed by atoms with Gasteiger partial charge in [0.2, 0.25) is 5.88 Å². The molecule has 1 heterocycles. The first kappa shape index (κ1) is 14.0. The van der Waals surface area contributed by atoms with E-state index in [1.807, 2.05) is 46.9 Å². The molecule has 100 valence electrons. The highest BCUT2D eigenvalue weighted by Crippen LogP contribution is 2.22. The molecule has 2 rings (SSSR count). The number of aromatic nitrogens is 2. The van der Waals surface area contributed by atoms with Gasteiger partial charge >= 0.3 is 0 Å². The van der Waals surface area contributed by atoms with Gasteiger partial charge in [0.25, 0.3) is 5.56 Å². The van der Waals surface area contributed by atoms with Crippen LogP contribution in [0.3, 0.4) is 0 Å². The molecule has 0 saturated carbocycles. The monoisotopic (exact) mass is 372 g/mol. The molecule has 19 heavy (non-hydrogen) atoms. The van der Waals surface area contributed by atoms with Gasteiger partial charge < -0.3 is 14.5 Å². The van der Waals surface area contributed by atoms with Gasteiger partial charge in [-0.05, 0) is 46.7 Å². The van der Waals surface area contributed by atoms with Crippen LogP contribution in [0.4, 0.5) is 0 Å². The average Bonchev–Trinajstić information content (AvgIpc) is 2.43. The van der Waals surface area contributed by atoms with Crippen molar-refractivity contribution in [2.45, 2.75) is 6.42 Å². The third-order valence-electron chi connectivity index (χ3n) is 2.50. The minimum absolute atomic E-state index is 0.206. The second-order valence-electron chi connectivity index (χ2n) is 3.84. The Labute approximate surface area is 124 Å². The van der Waals surface area contributed by atoms with Crippen molar-refractivity contribution in [2.24, 2.45) is 0 Å². The number of halogens is 1. The third-order valence-corrected chi connectivity index (χ3v) is 3.45. The highest BCUT2D eigenvalue weighted by atomic mass is 127. The first-order valence-electron chi connectivity index (χ1n) is 5.69. The molecule has 0 aliphatic heterocycles. The molecule has 0 bridgehead atoms. The summed E-state index contributed by atoms with van der Waals surface area (Å²) in [5.41, 5.74) is 0.963. The molecule has 0 saturated heterocycles. The number of aromatic amines is 1. The zero-order chi connectivity index (χ0) is 13.7. The van der Waals surface area contributed by atoms with Crippen molar-refractivity contribution in [3.63, 3.8) is 0 Å². The SMILES string of the molecule is COCCc1ccc(Oc2nc[nH]c(=O)c2I)cc1. The summed E-state index contributed by atoms with van der Waals surface area (Å²) < 4.78 is 11.0. The van der Waals surface area contributed by atoms with Crippen molar-refractivity contribution in [2.75, 3.05) is 13.7 Å². The molecule has 1 aromatic carbocycles. The fourth-order valence-electron chi connectivity index (χ4n) is 1.49. The van der Waals surface area contributed by atoms with Crippen LogP contribution in [0.1, 0.15) is 5.56 Å². The molecule has 1 N–H and O–H groups in total. The van der Waals surface area contributed by atoms with Gasteiger partial charge in [0, 0.05) is 7.11 Å². The predicted molar refractivity (Wildman–Crippen MR) is 79.7 cm³/mol. The fraction of sp³-hybridized carbons (Fsp3) is 0.231. The van der Waals surface area contributed by atoms with E-state index in [2.05, 4.69) is 9.97 Å². The Bertz CT molecular complexity index is 596. The van der Waals surface area contributed by atoms with E-state index < -0.39 is 0 Å². The summed E-state index contributed by atoms with van der Waals surface area (Å²) >= 11 is 1.91. The number of H-pyrrole nitrogens is 1. The maximum atomic E-state index is 11.4. The molecule has 0 unspecified atom stereocenters. The second-order valence-corrected chi connectivity index (χ2v) is 4.92. The van der Waals surface area contributed by atoms with E-state index in [1.165, 1.54) is 11.9 Å². The number of benzene rings is 1. The van der Waals surface area contributed by atoms with Crippen LogP contribution in [0.25, 0.3) is 0 Å². The summed E-state index contributed by atoms with van der Waals surface area (Å²) in [7, 11) is 1.68. The molecule has 0 amide bonds. The van der Waals surface area contributed by atoms with Crippen LogP contribution < -0.4 is 10.3 Å². The number of nitrogens with zero attached hydrogens (tertiary/aromatic N) is 1. The van der Waals surface area contributed by atoms with Gasteiger partial charge in [0.05, 0.1) is 12.9 Å². The standard InChI is InChI=1S/C13H13IN2O3/c1-18-7-6-9-2-4-10(5-3-9)19-13-11(14)12(17)15-8-16-13/h2-5,8H,6-7H2,1H3,(H,15,16,17). The molecule has 0 fully saturated rings. The predicted octanol–water partition coefficient (Wildman–Crippen LogP) is 2.36. The number of nitrogens with one attached hydrogen (secondary N) is 1. The van der Waals surface area contributed by atoms with Crippen molar-refractivity contribution in [3.8, 4) is 11.6 Å². The van der Waals surface area contributed by atoms with E-state index in [0.29, 0.717) is 21.8 Å². The highest BCUT2D eigenvalue weighted by molar-refractivity contribution is 14.1. The quantitative estimate of drug-likeness (QED) is 0.819. The fourth-order valence-corrected chi connectivity index (χ4v) is 1.90. The van der Waals surface area contributed by atoms with E-state index in [9.17, 15) is 4.79 Å². The van der Waals surface area contributed by atoms with Gasteiger partial charge in [0.15, 0.2) is 0 Å². The normalized spacial score (nSPS) is 10.4. The number of hydrogen-bond acceptors (Lipinski definition) is 4. The Hall–Kier alpha value is -1.41. The van der Waals surface area contributed by atoms with E-state index >= 15 is 0 Å². The number of ether oxygens (including phenoxy) is 2. The molecule has 0 radical (unpaired) electrons. The van der Waals surface area contributed by atoms with Crippen molar-refractivity contribution in [1.29, 1.82) is 0 Å². The van der Waals surface area contributed by atoms with E-state index in [4.69, 9.17) is 9.47 Å². The Morgan fingerprint density at radius 1 is 1.32 bits per heavy atom. The molecule has 5 nitrogen and oxygen atoms in total. The van der Waals surface area contributed by atoms with Crippen LogP contribution in [0.2, 0.25) is 0 Å². The van der Waals surface area contributed by atoms with Gasteiger partial charge in [0.1, 0.15) is 9.32 Å². The van der Waals surface area contributed by atoms with Crippen LogP contribution in [0.15, 0.2) is 35.4 Å². The molecular formula is C13H13IN2O3. The highest BCUT2D eigenvalue weighted by Gasteiger charge is 2.07. The lowest BCUT2D eigenvalue weighted by Gasteiger charge is -2.06. The molecule has 1 aromatic heterocycles. The number of rotatable bonds is 5. The minimum Gasteiger partial charge on any atom is -0.438 e. The molecule has 0 aliphatic rings. The second kappa shape index (κ2) is 6.67. The maximum Gasteiger partial charge on any atom is 0.268 e. The lowest BCUT2D eigenvalue weighted by molar-refractivity contribution is 0.202. The summed E-state index contributed by atoms with van der Waals surface area (Å²) in [6.45, 7) is 0.688. The minimum atomic E-state index is -0.206. The van der Waals surface area contributed by atoms with E-state index in [1.54, 1.807) is 7.11 Å². The van der Waals surface area contributed by atoms with Gasteiger partial charge in [-0.15, -0.1) is 0 Å². The topological polar surface area (TPSA) is 64.2 Å². The Morgan fingerprint density at radius 3 is 2.74 bits per heavy atom. The first-order valence-corrected chi connectivity index (χ1v) is 6.77. The average molecular weight is 372 g/mol. The van der Waals surface area contributed by atoms with Gasteiger partial charge in [-0.1, -0.05) is 12.1 Å². The van der Waals surface area contributed by atoms with Crippen molar-refractivity contribution in [3.05, 3.63) is 50.1 Å². The largest absolute Gasteiger partial charge is 0.438 e. The Kier molecular flexibility index (Phi) is 4.92. The van der Waals surface area contributed by atoms with Gasteiger partial charge in [-0.25, -0.2) is 4.98 Å². The van der Waals surface area contributed by atoms with Crippen molar-refractivity contribution < 1.29 is 9.47 Å². The molecule has 0 aliphatic carbocycles. The zero-order valence-electron chi connectivity index (χ0n) is 10.4. The lowest BCUT2D eigenvalue weighted by atomic mass is 10.1. The number of methoxy groups -OCH3 is 1. The summed E-state index contributed by atoms with van der Waals surface area (Å²) in [6.07, 6.45) is 2.18. The smallest absolute Gasteiger partial charge is 0.268 e. The van der Waals surface area contributed by atoms with Gasteiger partial charge in [-0.2, -0.15) is 0 Å². The van der Waals surface area contributed by atoms with E-state index in [0.717, 1.165) is 6.42 Å². The first-order chi connectivity index (χ1) is 9.20. The molecule has 0 atom stereocenters. The molecular weight excluding hydrogens is 359 g/mol. The molecule has 2 aromatic rings. The molecule has 6 heteroatoms. The summed E-state index contributed by atoms with van der Waals surface area (Å²) in [4.78, 5) is 17.9. The lowest BCUT2D eigenvalue weighted by Crippen LogP contribution is -2.11. The maximum absolute atomic E-state index is 11.4. The summed E-state index contributed by atoms with van der Waals surface area (Å²) in [5.74, 6) is 0.964.